The van der Waals surface area contributed by atoms with Crippen LogP contribution in [0.3, 0.4) is 0 Å². The van der Waals surface area contributed by atoms with E-state index in [-0.39, 0.29) is 35.3 Å². The second kappa shape index (κ2) is 7.60. The fourth-order valence-corrected chi connectivity index (χ4v) is 3.91. The normalized spacial score (nSPS) is 18.6. The molecule has 1 aromatic heterocycles. The summed E-state index contributed by atoms with van der Waals surface area (Å²) in [6.07, 6.45) is -2.54. The lowest BCUT2D eigenvalue weighted by atomic mass is 10.1. The van der Waals surface area contributed by atoms with Crippen LogP contribution in [-0.4, -0.2) is 28.0 Å². The molecule has 3 rings (SSSR count). The maximum absolute atomic E-state index is 13.7. The van der Waals surface area contributed by atoms with Crippen LogP contribution in [-0.2, 0) is 17.5 Å². The van der Waals surface area contributed by atoms with Crippen molar-refractivity contribution in [3.63, 3.8) is 0 Å². The van der Waals surface area contributed by atoms with Gasteiger partial charge in [-0.3, -0.25) is 9.59 Å². The predicted octanol–water partition coefficient (Wildman–Crippen LogP) is 4.37. The van der Waals surface area contributed by atoms with Crippen molar-refractivity contribution < 1.29 is 18.0 Å². The Balaban J connectivity index is 2.10. The first-order chi connectivity index (χ1) is 13.1. The molecule has 0 saturated carbocycles. The van der Waals surface area contributed by atoms with Gasteiger partial charge in [0.1, 0.15) is 5.69 Å². The van der Waals surface area contributed by atoms with Crippen molar-refractivity contribution in [2.45, 2.75) is 58.8 Å². The topological polar surface area (TPSA) is 42.3 Å². The minimum atomic E-state index is -4.65. The van der Waals surface area contributed by atoms with E-state index in [4.69, 9.17) is 0 Å². The van der Waals surface area contributed by atoms with Gasteiger partial charge in [0, 0.05) is 36.5 Å². The van der Waals surface area contributed by atoms with E-state index < -0.39 is 17.3 Å². The minimum absolute atomic E-state index is 0.0141. The third-order valence-corrected chi connectivity index (χ3v) is 5.64. The van der Waals surface area contributed by atoms with Crippen molar-refractivity contribution in [2.24, 2.45) is 5.92 Å². The van der Waals surface area contributed by atoms with Crippen molar-refractivity contribution in [1.82, 2.24) is 9.47 Å². The Morgan fingerprint density at radius 2 is 2.00 bits per heavy atom. The van der Waals surface area contributed by atoms with Crippen LogP contribution in [0, 0.1) is 12.8 Å². The number of alkyl halides is 3. The zero-order valence-corrected chi connectivity index (χ0v) is 16.3. The van der Waals surface area contributed by atoms with E-state index in [1.165, 1.54) is 4.57 Å². The summed E-state index contributed by atoms with van der Waals surface area (Å²) >= 11 is 0. The van der Waals surface area contributed by atoms with Crippen molar-refractivity contribution in [2.75, 3.05) is 6.54 Å². The Morgan fingerprint density at radius 3 is 2.64 bits per heavy atom. The maximum Gasteiger partial charge on any atom is 0.431 e. The zero-order chi connectivity index (χ0) is 20.6. The minimum Gasteiger partial charge on any atom is -0.338 e. The second-order valence-corrected chi connectivity index (χ2v) is 7.66. The van der Waals surface area contributed by atoms with Crippen molar-refractivity contribution in [3.8, 4) is 0 Å². The Bertz CT molecular complexity index is 949. The van der Waals surface area contributed by atoms with Crippen LogP contribution in [0.15, 0.2) is 29.1 Å². The van der Waals surface area contributed by atoms with E-state index in [0.29, 0.717) is 25.5 Å². The van der Waals surface area contributed by atoms with Crippen LogP contribution < -0.4 is 5.43 Å². The number of pyridine rings is 1. The van der Waals surface area contributed by atoms with Gasteiger partial charge in [0.25, 0.3) is 0 Å². The van der Waals surface area contributed by atoms with Crippen LogP contribution in [0.2, 0.25) is 0 Å². The molecule has 7 heteroatoms. The quantitative estimate of drug-likeness (QED) is 0.773. The molecule has 2 aromatic rings. The Morgan fingerprint density at radius 1 is 1.29 bits per heavy atom. The molecule has 0 spiro atoms. The van der Waals surface area contributed by atoms with E-state index in [0.717, 1.165) is 12.0 Å². The van der Waals surface area contributed by atoms with Crippen molar-refractivity contribution >= 4 is 16.8 Å². The molecule has 1 unspecified atom stereocenters. The lowest BCUT2D eigenvalue weighted by Crippen LogP contribution is -2.41. The van der Waals surface area contributed by atoms with Gasteiger partial charge in [-0.1, -0.05) is 25.5 Å². The number of carbonyl (C=O) groups excluding carboxylic acids is 1. The number of nitrogens with zero attached hydrogens (tertiary/aromatic N) is 2. The standard InChI is InChI=1S/C21H25F3N2O2/c1-4-14(3)20(28)25-9-5-6-15(25)12-26-17-8-7-13(2)10-16(17)18(27)11-19(26)21(22,23)24/h7-8,10-11,14-15H,4-6,9,12H2,1-3H3/t14?,15-/m1/s1. The number of rotatable bonds is 4. The molecule has 0 N–H and O–H groups in total. The number of aryl methyl sites for hydroxylation is 1. The number of carbonyl (C=O) groups is 1. The van der Waals surface area contributed by atoms with Gasteiger partial charge in [0.05, 0.1) is 5.52 Å². The first-order valence-corrected chi connectivity index (χ1v) is 9.65. The number of aromatic nitrogens is 1. The molecular formula is C21H25F3N2O2. The number of halogens is 3. The summed E-state index contributed by atoms with van der Waals surface area (Å²) in [4.78, 5) is 26.7. The second-order valence-electron chi connectivity index (χ2n) is 7.66. The number of amides is 1. The van der Waals surface area contributed by atoms with Gasteiger partial charge in [0.2, 0.25) is 5.91 Å². The first-order valence-electron chi connectivity index (χ1n) is 9.65. The van der Waals surface area contributed by atoms with Gasteiger partial charge in [-0.15, -0.1) is 0 Å². The summed E-state index contributed by atoms with van der Waals surface area (Å²) in [5, 5.41) is 0.269. The molecule has 1 saturated heterocycles. The summed E-state index contributed by atoms with van der Waals surface area (Å²) in [7, 11) is 0. The number of hydrogen-bond acceptors (Lipinski definition) is 2. The van der Waals surface area contributed by atoms with E-state index in [1.807, 2.05) is 13.8 Å². The first kappa shape index (κ1) is 20.4. The SMILES string of the molecule is CCC(C)C(=O)N1CCC[C@@H]1Cn1c(C(F)(F)F)cc(=O)c2cc(C)ccc21. The molecule has 4 nitrogen and oxygen atoms in total. The Hall–Kier alpha value is -2.31. The predicted molar refractivity (Wildman–Crippen MR) is 102 cm³/mol. The monoisotopic (exact) mass is 394 g/mol. The highest BCUT2D eigenvalue weighted by Crippen LogP contribution is 2.32. The van der Waals surface area contributed by atoms with E-state index >= 15 is 0 Å². The number of likely N-dealkylation sites (tertiary alicyclic amines) is 1. The molecule has 28 heavy (non-hydrogen) atoms. The van der Waals surface area contributed by atoms with Gasteiger partial charge in [0.15, 0.2) is 5.43 Å². The Labute approximate surface area is 161 Å². The van der Waals surface area contributed by atoms with Crippen LogP contribution in [0.1, 0.15) is 44.4 Å². The number of hydrogen-bond donors (Lipinski definition) is 0. The fraction of sp³-hybridized carbons (Fsp3) is 0.524. The fourth-order valence-electron chi connectivity index (χ4n) is 3.91. The van der Waals surface area contributed by atoms with Gasteiger partial charge in [-0.05, 0) is 38.3 Å². The average molecular weight is 394 g/mol. The number of fused-ring (bicyclic) bond motifs is 1. The lowest BCUT2D eigenvalue weighted by molar-refractivity contribution is -0.144. The van der Waals surface area contributed by atoms with Gasteiger partial charge in [-0.25, -0.2) is 0 Å². The lowest BCUT2D eigenvalue weighted by Gasteiger charge is -2.29. The van der Waals surface area contributed by atoms with Gasteiger partial charge in [-0.2, -0.15) is 13.2 Å². The van der Waals surface area contributed by atoms with Crippen molar-refractivity contribution in [3.05, 3.63) is 45.7 Å². The molecule has 0 bridgehead atoms. The van der Waals surface area contributed by atoms with Crippen LogP contribution in [0.5, 0.6) is 0 Å². The molecule has 0 aliphatic carbocycles. The summed E-state index contributed by atoms with van der Waals surface area (Å²) in [6.45, 7) is 6.15. The largest absolute Gasteiger partial charge is 0.431 e. The molecule has 2 atom stereocenters. The number of benzene rings is 1. The van der Waals surface area contributed by atoms with Crippen LogP contribution in [0.4, 0.5) is 13.2 Å². The smallest absolute Gasteiger partial charge is 0.338 e. The van der Waals surface area contributed by atoms with E-state index in [1.54, 1.807) is 30.0 Å². The summed E-state index contributed by atoms with van der Waals surface area (Å²) in [5.74, 6) is -0.171. The third kappa shape index (κ3) is 3.80. The molecule has 152 valence electrons. The molecular weight excluding hydrogens is 369 g/mol. The maximum atomic E-state index is 13.7. The molecule has 1 aromatic carbocycles. The van der Waals surface area contributed by atoms with Crippen LogP contribution in [0.25, 0.3) is 10.9 Å². The average Bonchev–Trinajstić information content (AvgIpc) is 3.09. The third-order valence-electron chi connectivity index (χ3n) is 5.64. The molecule has 1 aliphatic heterocycles. The summed E-state index contributed by atoms with van der Waals surface area (Å²) in [6, 6.07) is 5.25. The summed E-state index contributed by atoms with van der Waals surface area (Å²) < 4.78 is 42.3. The van der Waals surface area contributed by atoms with Crippen molar-refractivity contribution in [1.29, 1.82) is 0 Å². The molecule has 2 heterocycles. The van der Waals surface area contributed by atoms with Gasteiger partial charge < -0.3 is 9.47 Å². The van der Waals surface area contributed by atoms with E-state index in [9.17, 15) is 22.8 Å². The highest BCUT2D eigenvalue weighted by atomic mass is 19.4. The molecule has 1 aliphatic rings. The molecule has 1 fully saturated rings. The molecule has 1 amide bonds. The summed E-state index contributed by atoms with van der Waals surface area (Å²) in [5.41, 5.74) is -0.531. The Kier molecular flexibility index (Phi) is 5.55. The van der Waals surface area contributed by atoms with Crippen LogP contribution >= 0.6 is 0 Å². The van der Waals surface area contributed by atoms with E-state index in [2.05, 4.69) is 0 Å². The zero-order valence-electron chi connectivity index (χ0n) is 16.3. The highest BCUT2D eigenvalue weighted by molar-refractivity contribution is 5.81. The highest BCUT2D eigenvalue weighted by Gasteiger charge is 2.37. The molecule has 0 radical (unpaired) electrons. The van der Waals surface area contributed by atoms with Gasteiger partial charge >= 0.3 is 6.18 Å².